The van der Waals surface area contributed by atoms with E-state index < -0.39 is 9.84 Å². The van der Waals surface area contributed by atoms with Gasteiger partial charge in [-0.3, -0.25) is 0 Å². The fourth-order valence-electron chi connectivity index (χ4n) is 2.21. The van der Waals surface area contributed by atoms with E-state index in [0.717, 1.165) is 0 Å². The molecule has 0 saturated heterocycles. The van der Waals surface area contributed by atoms with Gasteiger partial charge in [0.05, 0.1) is 4.90 Å². The molecule has 0 aliphatic carbocycles. The third kappa shape index (κ3) is 2.24. The van der Waals surface area contributed by atoms with Gasteiger partial charge in [-0.2, -0.15) is 9.61 Å². The smallest absolute Gasteiger partial charge is 0.213 e. The van der Waals surface area contributed by atoms with Crippen LogP contribution in [0.5, 0.6) is 0 Å². The summed E-state index contributed by atoms with van der Waals surface area (Å²) in [7, 11) is -3.72. The zero-order chi connectivity index (χ0) is 15.9. The number of nitrogens with zero attached hydrogens (tertiary/aromatic N) is 3. The first kappa shape index (κ1) is 14.9. The van der Waals surface area contributed by atoms with E-state index in [1.54, 1.807) is 49.6 Å². The molecule has 0 aliphatic rings. The van der Waals surface area contributed by atoms with Crippen molar-refractivity contribution in [3.05, 3.63) is 42.1 Å². The molecule has 114 valence electrons. The van der Waals surface area contributed by atoms with E-state index in [1.165, 1.54) is 16.3 Å². The van der Waals surface area contributed by atoms with Crippen LogP contribution in [0.25, 0.3) is 5.65 Å². The van der Waals surface area contributed by atoms with Gasteiger partial charge in [-0.15, -0.1) is 11.8 Å². The summed E-state index contributed by atoms with van der Waals surface area (Å²) in [5.41, 5.74) is 6.83. The van der Waals surface area contributed by atoms with Crippen molar-refractivity contribution in [1.82, 2.24) is 14.6 Å². The molecule has 3 aromatic rings. The predicted octanol–water partition coefficient (Wildman–Crippen LogP) is 2.17. The summed E-state index contributed by atoms with van der Waals surface area (Å²) < 4.78 is 27.3. The SMILES string of the molecule is CSc1nn2c(N)cc(C)nc2c1S(=O)(=O)c1ccccc1. The van der Waals surface area contributed by atoms with Crippen molar-refractivity contribution in [2.45, 2.75) is 21.7 Å². The highest BCUT2D eigenvalue weighted by Gasteiger charge is 2.28. The molecule has 0 saturated carbocycles. The van der Waals surface area contributed by atoms with Crippen molar-refractivity contribution >= 4 is 33.1 Å². The topological polar surface area (TPSA) is 90.3 Å². The lowest BCUT2D eigenvalue weighted by Crippen LogP contribution is -2.05. The number of rotatable bonds is 3. The van der Waals surface area contributed by atoms with Crippen LogP contribution >= 0.6 is 11.8 Å². The van der Waals surface area contributed by atoms with Crippen LogP contribution in [0.3, 0.4) is 0 Å². The molecular formula is C14H14N4O2S2. The van der Waals surface area contributed by atoms with Gasteiger partial charge in [-0.25, -0.2) is 13.4 Å². The van der Waals surface area contributed by atoms with Crippen molar-refractivity contribution in [3.63, 3.8) is 0 Å². The van der Waals surface area contributed by atoms with E-state index in [9.17, 15) is 8.42 Å². The Kier molecular flexibility index (Phi) is 3.57. The Morgan fingerprint density at radius 2 is 1.91 bits per heavy atom. The molecule has 6 nitrogen and oxygen atoms in total. The summed E-state index contributed by atoms with van der Waals surface area (Å²) in [4.78, 5) is 4.63. The Balaban J connectivity index is 2.40. The first-order valence-electron chi connectivity index (χ1n) is 6.45. The zero-order valence-corrected chi connectivity index (χ0v) is 13.6. The minimum absolute atomic E-state index is 0.0987. The van der Waals surface area contributed by atoms with Gasteiger partial charge in [0.2, 0.25) is 9.84 Å². The molecule has 0 radical (unpaired) electrons. The van der Waals surface area contributed by atoms with Crippen LogP contribution in [0.15, 0.2) is 51.2 Å². The number of sulfone groups is 1. The number of hydrogen-bond donors (Lipinski definition) is 1. The number of nitrogens with two attached hydrogens (primary N) is 1. The molecule has 0 unspecified atom stereocenters. The highest BCUT2D eigenvalue weighted by atomic mass is 32.2. The lowest BCUT2D eigenvalue weighted by molar-refractivity contribution is 0.594. The number of aryl methyl sites for hydroxylation is 1. The van der Waals surface area contributed by atoms with Gasteiger partial charge in [0.25, 0.3) is 0 Å². The maximum Gasteiger partial charge on any atom is 0.213 e. The summed E-state index contributed by atoms with van der Waals surface area (Å²) in [6, 6.07) is 9.91. The standard InChI is InChI=1S/C14H14N4O2S2/c1-9-8-11(15)18-13(16-9)12(14(17-18)21-2)22(19,20)10-6-4-3-5-7-10/h3-8H,15H2,1-2H3. The molecular weight excluding hydrogens is 320 g/mol. The minimum Gasteiger partial charge on any atom is -0.384 e. The number of fused-ring (bicyclic) bond motifs is 1. The number of aromatic nitrogens is 3. The number of hydrogen-bond acceptors (Lipinski definition) is 6. The van der Waals surface area contributed by atoms with Gasteiger partial charge in [0.1, 0.15) is 10.8 Å². The maximum atomic E-state index is 13.0. The van der Waals surface area contributed by atoms with Gasteiger partial charge in [0.15, 0.2) is 10.5 Å². The minimum atomic E-state index is -3.72. The third-order valence-corrected chi connectivity index (χ3v) is 5.80. The second-order valence-corrected chi connectivity index (χ2v) is 7.39. The van der Waals surface area contributed by atoms with Gasteiger partial charge in [-0.1, -0.05) is 18.2 Å². The molecule has 2 heterocycles. The largest absolute Gasteiger partial charge is 0.384 e. The van der Waals surface area contributed by atoms with Crippen molar-refractivity contribution in [2.75, 3.05) is 12.0 Å². The summed E-state index contributed by atoms with van der Waals surface area (Å²) in [6.45, 7) is 1.76. The first-order chi connectivity index (χ1) is 10.4. The number of anilines is 1. The maximum absolute atomic E-state index is 13.0. The average Bonchev–Trinajstić information content (AvgIpc) is 2.87. The molecule has 3 rings (SSSR count). The molecule has 0 atom stereocenters. The highest BCUT2D eigenvalue weighted by molar-refractivity contribution is 7.99. The van der Waals surface area contributed by atoms with Gasteiger partial charge < -0.3 is 5.73 Å². The van der Waals surface area contributed by atoms with Crippen LogP contribution in [0.1, 0.15) is 5.69 Å². The van der Waals surface area contributed by atoms with Crippen LogP contribution < -0.4 is 5.73 Å². The number of benzene rings is 1. The first-order valence-corrected chi connectivity index (χ1v) is 9.16. The van der Waals surface area contributed by atoms with E-state index in [-0.39, 0.29) is 15.4 Å². The summed E-state index contributed by atoms with van der Waals surface area (Å²) in [6.07, 6.45) is 1.77. The van der Waals surface area contributed by atoms with Gasteiger partial charge in [0, 0.05) is 11.8 Å². The monoisotopic (exact) mass is 334 g/mol. The lowest BCUT2D eigenvalue weighted by atomic mass is 10.4. The highest BCUT2D eigenvalue weighted by Crippen LogP contribution is 2.32. The summed E-state index contributed by atoms with van der Waals surface area (Å²) in [5.74, 6) is 0.354. The quantitative estimate of drug-likeness (QED) is 0.738. The van der Waals surface area contributed by atoms with Crippen molar-refractivity contribution in [3.8, 4) is 0 Å². The fraction of sp³-hybridized carbons (Fsp3) is 0.143. The molecule has 22 heavy (non-hydrogen) atoms. The Morgan fingerprint density at radius 3 is 2.55 bits per heavy atom. The van der Waals surface area contributed by atoms with Crippen LogP contribution in [-0.4, -0.2) is 29.3 Å². The molecule has 0 spiro atoms. The van der Waals surface area contributed by atoms with Crippen LogP contribution in [0.2, 0.25) is 0 Å². The molecule has 0 fully saturated rings. The second-order valence-electron chi connectivity index (χ2n) is 4.71. The zero-order valence-electron chi connectivity index (χ0n) is 12.0. The molecule has 8 heteroatoms. The molecule has 0 bridgehead atoms. The predicted molar refractivity (Wildman–Crippen MR) is 85.8 cm³/mol. The Morgan fingerprint density at radius 1 is 1.23 bits per heavy atom. The number of nitrogen functional groups attached to an aromatic ring is 1. The second kappa shape index (κ2) is 5.29. The lowest BCUT2D eigenvalue weighted by Gasteiger charge is -2.05. The summed E-state index contributed by atoms with van der Waals surface area (Å²) in [5, 5.41) is 4.66. The Bertz CT molecular complexity index is 950. The Labute approximate surface area is 132 Å². The van der Waals surface area contributed by atoms with Crippen LogP contribution in [0.4, 0.5) is 5.82 Å². The average molecular weight is 334 g/mol. The van der Waals surface area contributed by atoms with Crippen molar-refractivity contribution in [2.24, 2.45) is 0 Å². The molecule has 1 aromatic carbocycles. The molecule has 2 aromatic heterocycles. The number of thioether (sulfide) groups is 1. The van der Waals surface area contributed by atoms with E-state index in [1.807, 2.05) is 0 Å². The van der Waals surface area contributed by atoms with Crippen molar-refractivity contribution < 1.29 is 8.42 Å². The van der Waals surface area contributed by atoms with Crippen LogP contribution in [-0.2, 0) is 9.84 Å². The molecule has 0 amide bonds. The van der Waals surface area contributed by atoms with E-state index in [0.29, 0.717) is 16.5 Å². The van der Waals surface area contributed by atoms with E-state index in [4.69, 9.17) is 5.73 Å². The molecule has 2 N–H and O–H groups in total. The van der Waals surface area contributed by atoms with Gasteiger partial charge in [-0.05, 0) is 25.3 Å². The van der Waals surface area contributed by atoms with Crippen molar-refractivity contribution in [1.29, 1.82) is 0 Å². The van der Waals surface area contributed by atoms with Crippen LogP contribution in [0, 0.1) is 6.92 Å². The molecule has 0 aliphatic heterocycles. The van der Waals surface area contributed by atoms with Gasteiger partial charge >= 0.3 is 0 Å². The summed E-state index contributed by atoms with van der Waals surface area (Å²) >= 11 is 1.25. The van der Waals surface area contributed by atoms with E-state index >= 15 is 0 Å². The normalized spacial score (nSPS) is 11.9. The third-order valence-electron chi connectivity index (χ3n) is 3.19. The fourth-order valence-corrected chi connectivity index (χ4v) is 4.63. The van der Waals surface area contributed by atoms with E-state index in [2.05, 4.69) is 10.1 Å². The Hall–Kier alpha value is -2.06.